The molecule has 5 heteroatoms. The van der Waals surface area contributed by atoms with Crippen LogP contribution in [0.4, 0.5) is 0 Å². The van der Waals surface area contributed by atoms with E-state index in [9.17, 15) is 20.1 Å². The van der Waals surface area contributed by atoms with Crippen molar-refractivity contribution in [1.29, 1.82) is 0 Å². The van der Waals surface area contributed by atoms with Crippen molar-refractivity contribution in [2.24, 2.45) is 0 Å². The Bertz CT molecular complexity index is 788. The number of carbonyl (C=O) groups excluding carboxylic acids is 1. The van der Waals surface area contributed by atoms with Crippen LogP contribution in [0.5, 0.6) is 0 Å². The molecule has 0 radical (unpaired) electrons. The Balaban J connectivity index is 3.58. The van der Waals surface area contributed by atoms with Gasteiger partial charge in [-0.05, 0) is 38.5 Å². The summed E-state index contributed by atoms with van der Waals surface area (Å²) in [5.74, 6) is -0.148. The van der Waals surface area contributed by atoms with Crippen LogP contribution in [0.25, 0.3) is 0 Å². The Kier molecular flexibility index (Phi) is 46.0. The fourth-order valence-corrected chi connectivity index (χ4v) is 8.17. The van der Waals surface area contributed by atoms with E-state index in [-0.39, 0.29) is 12.5 Å². The number of nitrogens with one attached hydrogen (secondary N) is 1. The highest BCUT2D eigenvalue weighted by Crippen LogP contribution is 2.17. The summed E-state index contributed by atoms with van der Waals surface area (Å²) in [6.45, 7) is 4.20. The molecule has 3 unspecified atom stereocenters. The Hall–Kier alpha value is -0.910. The molecule has 0 spiro atoms. The normalized spacial score (nSPS) is 13.4. The first-order chi connectivity index (χ1) is 27.6. The van der Waals surface area contributed by atoms with Gasteiger partial charge in [-0.2, -0.15) is 0 Å². The standard InChI is InChI=1S/C51H101NO4/c1-3-5-7-9-11-13-15-17-19-21-23-24-25-26-28-29-31-33-35-37-39-41-43-45-49(54)51(56)48(47-53)52-50(55)46-44-42-40-38-36-34-32-30-27-22-20-18-16-14-12-10-8-6-4-2/h37,39,48-49,51,53-54,56H,3-36,38,40-47H2,1-2H3,(H,52,55)/b39-37+. The van der Waals surface area contributed by atoms with E-state index in [0.717, 1.165) is 38.5 Å². The maximum absolute atomic E-state index is 12.5. The van der Waals surface area contributed by atoms with Gasteiger partial charge in [0.1, 0.15) is 6.10 Å². The number of rotatable bonds is 47. The molecule has 0 bridgehead atoms. The third-order valence-corrected chi connectivity index (χ3v) is 12.1. The second kappa shape index (κ2) is 46.8. The predicted octanol–water partition coefficient (Wildman–Crippen LogP) is 15.2. The summed E-state index contributed by atoms with van der Waals surface area (Å²) >= 11 is 0. The molecular formula is C51H101NO4. The molecule has 334 valence electrons. The van der Waals surface area contributed by atoms with Gasteiger partial charge in [-0.25, -0.2) is 0 Å². The lowest BCUT2D eigenvalue weighted by Crippen LogP contribution is -2.50. The van der Waals surface area contributed by atoms with E-state index in [2.05, 4.69) is 31.3 Å². The molecule has 0 aromatic heterocycles. The molecule has 0 aliphatic rings. The van der Waals surface area contributed by atoms with E-state index in [1.165, 1.54) is 218 Å². The molecule has 3 atom stereocenters. The lowest BCUT2D eigenvalue weighted by Gasteiger charge is -2.26. The average molecular weight is 792 g/mol. The topological polar surface area (TPSA) is 89.8 Å². The van der Waals surface area contributed by atoms with Gasteiger partial charge in [0.15, 0.2) is 0 Å². The summed E-state index contributed by atoms with van der Waals surface area (Å²) in [6, 6.07) is -0.821. The van der Waals surface area contributed by atoms with Gasteiger partial charge >= 0.3 is 0 Å². The van der Waals surface area contributed by atoms with Crippen molar-refractivity contribution in [3.05, 3.63) is 12.2 Å². The zero-order chi connectivity index (χ0) is 40.8. The summed E-state index contributed by atoms with van der Waals surface area (Å²) in [6.07, 6.45) is 56.3. The first kappa shape index (κ1) is 55.1. The number of aliphatic hydroxyl groups is 3. The molecule has 0 aliphatic heterocycles. The summed E-state index contributed by atoms with van der Waals surface area (Å²) in [7, 11) is 0. The largest absolute Gasteiger partial charge is 0.394 e. The number of allylic oxidation sites excluding steroid dienone is 2. The summed E-state index contributed by atoms with van der Waals surface area (Å²) in [4.78, 5) is 12.5. The SMILES string of the molecule is CCCCCCCCCCCCCCCCCCCC/C=C/CCCC(O)C(O)C(CO)NC(=O)CCCCCCCCCCCCCCCCCCCCC. The van der Waals surface area contributed by atoms with Gasteiger partial charge in [-0.15, -0.1) is 0 Å². The summed E-state index contributed by atoms with van der Waals surface area (Å²) in [5, 5.41) is 33.7. The highest BCUT2D eigenvalue weighted by Gasteiger charge is 2.26. The maximum atomic E-state index is 12.5. The molecule has 0 rings (SSSR count). The highest BCUT2D eigenvalue weighted by molar-refractivity contribution is 5.76. The minimum Gasteiger partial charge on any atom is -0.394 e. The second-order valence-corrected chi connectivity index (χ2v) is 17.7. The molecule has 0 fully saturated rings. The average Bonchev–Trinajstić information content (AvgIpc) is 3.20. The molecule has 0 saturated heterocycles. The molecule has 5 nitrogen and oxygen atoms in total. The first-order valence-electron chi connectivity index (χ1n) is 25.5. The van der Waals surface area contributed by atoms with E-state index in [1.807, 2.05) is 0 Å². The molecule has 0 heterocycles. The van der Waals surface area contributed by atoms with Crippen molar-refractivity contribution < 1.29 is 20.1 Å². The monoisotopic (exact) mass is 792 g/mol. The van der Waals surface area contributed by atoms with Gasteiger partial charge in [-0.1, -0.05) is 251 Å². The van der Waals surface area contributed by atoms with Crippen LogP contribution in [0.15, 0.2) is 12.2 Å². The van der Waals surface area contributed by atoms with Gasteiger partial charge in [-0.3, -0.25) is 4.79 Å². The number of hydrogen-bond acceptors (Lipinski definition) is 4. The molecule has 1 amide bonds. The molecule has 0 aliphatic carbocycles. The summed E-state index contributed by atoms with van der Waals surface area (Å²) in [5.41, 5.74) is 0. The van der Waals surface area contributed by atoms with Gasteiger partial charge in [0.25, 0.3) is 0 Å². The zero-order valence-corrected chi connectivity index (χ0v) is 38.0. The Morgan fingerprint density at radius 1 is 0.429 bits per heavy atom. The Morgan fingerprint density at radius 2 is 0.714 bits per heavy atom. The minimum absolute atomic E-state index is 0.148. The smallest absolute Gasteiger partial charge is 0.220 e. The van der Waals surface area contributed by atoms with Crippen molar-refractivity contribution in [3.8, 4) is 0 Å². The van der Waals surface area contributed by atoms with E-state index >= 15 is 0 Å². The number of aliphatic hydroxyl groups excluding tert-OH is 3. The molecule has 0 aromatic rings. The van der Waals surface area contributed by atoms with Crippen LogP contribution in [0.2, 0.25) is 0 Å². The van der Waals surface area contributed by atoms with Crippen LogP contribution >= 0.6 is 0 Å². The van der Waals surface area contributed by atoms with E-state index in [4.69, 9.17) is 0 Å². The fraction of sp³-hybridized carbons (Fsp3) is 0.941. The van der Waals surface area contributed by atoms with Crippen molar-refractivity contribution in [3.63, 3.8) is 0 Å². The van der Waals surface area contributed by atoms with Gasteiger partial charge in [0, 0.05) is 6.42 Å². The van der Waals surface area contributed by atoms with Crippen LogP contribution in [0.3, 0.4) is 0 Å². The first-order valence-corrected chi connectivity index (χ1v) is 25.5. The van der Waals surface area contributed by atoms with Gasteiger partial charge in [0.2, 0.25) is 5.91 Å². The molecular weight excluding hydrogens is 691 g/mol. The second-order valence-electron chi connectivity index (χ2n) is 17.7. The van der Waals surface area contributed by atoms with Gasteiger partial charge < -0.3 is 20.6 Å². The zero-order valence-electron chi connectivity index (χ0n) is 38.0. The molecule has 4 N–H and O–H groups in total. The van der Waals surface area contributed by atoms with Crippen LogP contribution < -0.4 is 5.32 Å². The lowest BCUT2D eigenvalue weighted by molar-refractivity contribution is -0.124. The quantitative estimate of drug-likeness (QED) is 0.0365. The number of carbonyl (C=O) groups is 1. The third-order valence-electron chi connectivity index (χ3n) is 12.1. The van der Waals surface area contributed by atoms with Crippen molar-refractivity contribution in [1.82, 2.24) is 5.32 Å². The Morgan fingerprint density at radius 3 is 1.04 bits per heavy atom. The van der Waals surface area contributed by atoms with Crippen LogP contribution in [0.1, 0.15) is 284 Å². The van der Waals surface area contributed by atoms with E-state index in [0.29, 0.717) is 12.8 Å². The molecule has 0 saturated carbocycles. The van der Waals surface area contributed by atoms with E-state index < -0.39 is 18.2 Å². The van der Waals surface area contributed by atoms with Crippen molar-refractivity contribution >= 4 is 5.91 Å². The van der Waals surface area contributed by atoms with Crippen molar-refractivity contribution in [2.75, 3.05) is 6.61 Å². The molecule has 56 heavy (non-hydrogen) atoms. The maximum Gasteiger partial charge on any atom is 0.220 e. The van der Waals surface area contributed by atoms with Gasteiger partial charge in [0.05, 0.1) is 18.8 Å². The minimum atomic E-state index is -1.15. The van der Waals surface area contributed by atoms with Crippen LogP contribution in [-0.2, 0) is 4.79 Å². The predicted molar refractivity (Wildman–Crippen MR) is 245 cm³/mol. The van der Waals surface area contributed by atoms with E-state index in [1.54, 1.807) is 0 Å². The fourth-order valence-electron chi connectivity index (χ4n) is 8.17. The summed E-state index contributed by atoms with van der Waals surface area (Å²) < 4.78 is 0. The number of unbranched alkanes of at least 4 members (excludes halogenated alkanes) is 37. The Labute approximate surface area is 350 Å². The number of amides is 1. The molecule has 0 aromatic carbocycles. The van der Waals surface area contributed by atoms with Crippen LogP contribution in [0, 0.1) is 0 Å². The number of hydrogen-bond donors (Lipinski definition) is 4. The third kappa shape index (κ3) is 41.3. The van der Waals surface area contributed by atoms with Crippen molar-refractivity contribution in [2.45, 2.75) is 302 Å². The lowest BCUT2D eigenvalue weighted by atomic mass is 10.0. The highest BCUT2D eigenvalue weighted by atomic mass is 16.3. The van der Waals surface area contributed by atoms with Crippen LogP contribution in [-0.4, -0.2) is 46.1 Å².